The number of methoxy groups -OCH3 is 1. The van der Waals surface area contributed by atoms with Gasteiger partial charge in [-0.15, -0.1) is 0 Å². The number of halogens is 1. The van der Waals surface area contributed by atoms with Gasteiger partial charge in [-0.2, -0.15) is 5.26 Å². The molecular weight excluding hydrogens is 378 g/mol. The van der Waals surface area contributed by atoms with E-state index in [-0.39, 0.29) is 23.3 Å². The molecule has 0 bridgehead atoms. The Morgan fingerprint density at radius 2 is 2.04 bits per heavy atom. The third-order valence-electron chi connectivity index (χ3n) is 4.66. The molecule has 1 aliphatic heterocycles. The molecule has 1 saturated heterocycles. The van der Waals surface area contributed by atoms with Crippen LogP contribution in [-0.2, 0) is 4.79 Å². The van der Waals surface area contributed by atoms with Gasteiger partial charge in [-0.1, -0.05) is 11.6 Å². The van der Waals surface area contributed by atoms with E-state index < -0.39 is 0 Å². The lowest BCUT2D eigenvalue weighted by Gasteiger charge is -2.19. The summed E-state index contributed by atoms with van der Waals surface area (Å²) in [5.74, 6) is 0.238. The van der Waals surface area contributed by atoms with Gasteiger partial charge in [-0.05, 0) is 49.6 Å². The highest BCUT2D eigenvalue weighted by Gasteiger charge is 2.16. The number of hydrogen-bond donors (Lipinski definition) is 1. The number of hydrogen-bond acceptors (Lipinski definition) is 5. The predicted molar refractivity (Wildman–Crippen MR) is 109 cm³/mol. The fraction of sp³-hybridized carbons (Fsp3) is 0.333. The van der Waals surface area contributed by atoms with E-state index in [0.717, 1.165) is 24.3 Å². The number of ether oxygens (including phenoxy) is 2. The highest BCUT2D eigenvalue weighted by Crippen LogP contribution is 2.36. The van der Waals surface area contributed by atoms with Crippen LogP contribution in [0.15, 0.2) is 30.3 Å². The van der Waals surface area contributed by atoms with Crippen LogP contribution < -0.4 is 19.7 Å². The van der Waals surface area contributed by atoms with Crippen LogP contribution in [0.5, 0.6) is 11.5 Å². The zero-order chi connectivity index (χ0) is 20.1. The predicted octanol–water partition coefficient (Wildman–Crippen LogP) is 4.15. The number of rotatable bonds is 6. The minimum atomic E-state index is -0.306. The fourth-order valence-corrected chi connectivity index (χ4v) is 3.47. The molecule has 28 heavy (non-hydrogen) atoms. The fourth-order valence-electron chi connectivity index (χ4n) is 3.21. The molecule has 1 fully saturated rings. The number of nitriles is 1. The van der Waals surface area contributed by atoms with Crippen molar-refractivity contribution in [1.29, 1.82) is 5.26 Å². The van der Waals surface area contributed by atoms with E-state index in [1.165, 1.54) is 37.8 Å². The van der Waals surface area contributed by atoms with Crippen molar-refractivity contribution in [3.05, 3.63) is 46.5 Å². The molecular formula is C21H22ClN3O3. The van der Waals surface area contributed by atoms with Gasteiger partial charge >= 0.3 is 0 Å². The second-order valence-electron chi connectivity index (χ2n) is 6.63. The Hall–Kier alpha value is -2.91. The molecule has 0 unspecified atom stereocenters. The van der Waals surface area contributed by atoms with Crippen molar-refractivity contribution in [2.24, 2.45) is 0 Å². The number of benzene rings is 2. The van der Waals surface area contributed by atoms with Crippen molar-refractivity contribution in [2.75, 3.05) is 37.0 Å². The molecule has 2 aromatic carbocycles. The summed E-state index contributed by atoms with van der Waals surface area (Å²) >= 11 is 6.15. The second-order valence-corrected chi connectivity index (χ2v) is 7.04. The van der Waals surface area contributed by atoms with Gasteiger partial charge < -0.3 is 19.7 Å². The molecule has 0 atom stereocenters. The van der Waals surface area contributed by atoms with Gasteiger partial charge in [0.25, 0.3) is 5.91 Å². The van der Waals surface area contributed by atoms with Crippen LogP contribution in [0.4, 0.5) is 11.4 Å². The van der Waals surface area contributed by atoms with E-state index in [4.69, 9.17) is 26.3 Å². The van der Waals surface area contributed by atoms with E-state index in [9.17, 15) is 4.79 Å². The Bertz CT molecular complexity index is 918. The van der Waals surface area contributed by atoms with Crippen LogP contribution >= 0.6 is 11.6 Å². The summed E-state index contributed by atoms with van der Waals surface area (Å²) in [7, 11) is 1.45. The SMILES string of the molecule is COc1cc(C#N)cc(Cl)c1OCC(=O)Nc1ccc(N2CCCC2)cc1C. The van der Waals surface area contributed by atoms with E-state index in [1.54, 1.807) is 0 Å². The minimum absolute atomic E-state index is 0.217. The Labute approximate surface area is 169 Å². The standard InChI is InChI=1S/C21H22ClN3O3/c1-14-9-16(25-7-3-4-8-25)5-6-18(14)24-20(26)13-28-21-17(22)10-15(12-23)11-19(21)27-2/h5-6,9-11H,3-4,7-8,13H2,1-2H3,(H,24,26). The Kier molecular flexibility index (Phi) is 6.27. The number of anilines is 2. The molecule has 0 spiro atoms. The van der Waals surface area contributed by atoms with Gasteiger partial charge in [0.15, 0.2) is 18.1 Å². The van der Waals surface area contributed by atoms with E-state index in [1.807, 2.05) is 25.1 Å². The summed E-state index contributed by atoms with van der Waals surface area (Å²) in [6.45, 7) is 3.89. The number of aryl methyl sites for hydroxylation is 1. The van der Waals surface area contributed by atoms with Gasteiger partial charge in [-0.25, -0.2) is 0 Å². The molecule has 2 aromatic rings. The van der Waals surface area contributed by atoms with Crippen molar-refractivity contribution in [3.63, 3.8) is 0 Å². The Morgan fingerprint density at radius 1 is 1.29 bits per heavy atom. The first kappa shape index (κ1) is 19.8. The zero-order valence-electron chi connectivity index (χ0n) is 15.9. The van der Waals surface area contributed by atoms with Crippen LogP contribution in [-0.4, -0.2) is 32.7 Å². The van der Waals surface area contributed by atoms with E-state index >= 15 is 0 Å². The van der Waals surface area contributed by atoms with Crippen LogP contribution in [0.3, 0.4) is 0 Å². The molecule has 1 N–H and O–H groups in total. The van der Waals surface area contributed by atoms with Gasteiger partial charge in [0.2, 0.25) is 0 Å². The van der Waals surface area contributed by atoms with Crippen LogP contribution in [0.1, 0.15) is 24.0 Å². The van der Waals surface area contributed by atoms with E-state index in [2.05, 4.69) is 16.3 Å². The van der Waals surface area contributed by atoms with Crippen molar-refractivity contribution in [1.82, 2.24) is 0 Å². The molecule has 1 amide bonds. The maximum Gasteiger partial charge on any atom is 0.262 e. The molecule has 0 aromatic heterocycles. The first-order valence-electron chi connectivity index (χ1n) is 9.07. The smallest absolute Gasteiger partial charge is 0.262 e. The average Bonchev–Trinajstić information content (AvgIpc) is 3.22. The maximum atomic E-state index is 12.3. The molecule has 0 radical (unpaired) electrons. The highest BCUT2D eigenvalue weighted by molar-refractivity contribution is 6.32. The summed E-state index contributed by atoms with van der Waals surface area (Å²) < 4.78 is 10.8. The maximum absolute atomic E-state index is 12.3. The summed E-state index contributed by atoms with van der Waals surface area (Å²) in [5.41, 5.74) is 3.27. The van der Waals surface area contributed by atoms with Crippen LogP contribution in [0.2, 0.25) is 5.02 Å². The van der Waals surface area contributed by atoms with Gasteiger partial charge in [0, 0.05) is 30.5 Å². The summed E-state index contributed by atoms with van der Waals surface area (Å²) in [4.78, 5) is 14.7. The monoisotopic (exact) mass is 399 g/mol. The lowest BCUT2D eigenvalue weighted by atomic mass is 10.1. The third kappa shape index (κ3) is 4.49. The Balaban J connectivity index is 1.64. The molecule has 146 valence electrons. The number of carbonyl (C=O) groups excluding carboxylic acids is 1. The third-order valence-corrected chi connectivity index (χ3v) is 4.94. The molecule has 1 heterocycles. The molecule has 3 rings (SSSR count). The largest absolute Gasteiger partial charge is 0.493 e. The van der Waals surface area contributed by atoms with Crippen molar-refractivity contribution in [3.8, 4) is 17.6 Å². The minimum Gasteiger partial charge on any atom is -0.493 e. The lowest BCUT2D eigenvalue weighted by molar-refractivity contribution is -0.118. The quantitative estimate of drug-likeness (QED) is 0.789. The van der Waals surface area contributed by atoms with Gasteiger partial charge in [0.1, 0.15) is 0 Å². The van der Waals surface area contributed by atoms with Crippen LogP contribution in [0.25, 0.3) is 0 Å². The molecule has 1 aliphatic rings. The van der Waals surface area contributed by atoms with E-state index in [0.29, 0.717) is 11.3 Å². The number of nitrogens with zero attached hydrogens (tertiary/aromatic N) is 2. The van der Waals surface area contributed by atoms with Crippen molar-refractivity contribution < 1.29 is 14.3 Å². The van der Waals surface area contributed by atoms with Crippen molar-refractivity contribution >= 4 is 28.9 Å². The topological polar surface area (TPSA) is 74.6 Å². The molecule has 0 aliphatic carbocycles. The first-order chi connectivity index (χ1) is 13.5. The summed E-state index contributed by atoms with van der Waals surface area (Å²) in [5, 5.41) is 12.1. The molecule has 6 nitrogen and oxygen atoms in total. The second kappa shape index (κ2) is 8.85. The summed E-state index contributed by atoms with van der Waals surface area (Å²) in [6.07, 6.45) is 2.44. The number of amides is 1. The first-order valence-corrected chi connectivity index (χ1v) is 9.45. The molecule has 0 saturated carbocycles. The number of carbonyl (C=O) groups is 1. The zero-order valence-corrected chi connectivity index (χ0v) is 16.7. The van der Waals surface area contributed by atoms with Crippen molar-refractivity contribution in [2.45, 2.75) is 19.8 Å². The lowest BCUT2D eigenvalue weighted by Crippen LogP contribution is -2.21. The average molecular weight is 400 g/mol. The number of nitrogens with one attached hydrogen (secondary N) is 1. The van der Waals surface area contributed by atoms with Gasteiger partial charge in [0.05, 0.1) is 23.8 Å². The molecule has 7 heteroatoms. The summed E-state index contributed by atoms with van der Waals surface area (Å²) in [6, 6.07) is 11.0. The highest BCUT2D eigenvalue weighted by atomic mass is 35.5. The Morgan fingerprint density at radius 3 is 2.68 bits per heavy atom. The van der Waals surface area contributed by atoms with Gasteiger partial charge in [-0.3, -0.25) is 4.79 Å². The normalized spacial score (nSPS) is 13.1. The van der Waals surface area contributed by atoms with Crippen LogP contribution in [0, 0.1) is 18.3 Å².